The standard InChI is InChI=1S/C18H12ClFN4O/c1-9-16-18(24-23-9)21-14-8-15(25-2)13(20)7-11(14)17(22-16)10-5-3-4-6-12(10)19/h3-8H,1-2H3. The maximum atomic E-state index is 14.4. The summed E-state index contributed by atoms with van der Waals surface area (Å²) in [6.45, 7) is 1.80. The van der Waals surface area contributed by atoms with Crippen LogP contribution in [-0.2, 0) is 0 Å². The molecule has 0 fully saturated rings. The highest BCUT2D eigenvalue weighted by atomic mass is 35.5. The van der Waals surface area contributed by atoms with E-state index in [2.05, 4.69) is 20.2 Å². The van der Waals surface area contributed by atoms with Crippen molar-refractivity contribution in [1.29, 1.82) is 0 Å². The quantitative estimate of drug-likeness (QED) is 0.537. The molecule has 2 aromatic carbocycles. The zero-order chi connectivity index (χ0) is 17.6. The molecule has 0 atom stereocenters. The highest BCUT2D eigenvalue weighted by Crippen LogP contribution is 2.35. The van der Waals surface area contributed by atoms with Crippen LogP contribution in [0.5, 0.6) is 5.75 Å². The summed E-state index contributed by atoms with van der Waals surface area (Å²) < 4.78 is 19.4. The van der Waals surface area contributed by atoms with Crippen molar-refractivity contribution in [3.05, 3.63) is 52.9 Å². The van der Waals surface area contributed by atoms with Gasteiger partial charge in [0.1, 0.15) is 5.69 Å². The van der Waals surface area contributed by atoms with Crippen LogP contribution in [0.2, 0.25) is 5.02 Å². The lowest BCUT2D eigenvalue weighted by molar-refractivity contribution is 0.387. The Morgan fingerprint density at radius 2 is 1.84 bits per heavy atom. The monoisotopic (exact) mass is 354 g/mol. The number of fused-ring (bicyclic) bond motifs is 2. The number of rotatable bonds is 2. The Kier molecular flexibility index (Phi) is 3.69. The van der Waals surface area contributed by atoms with Crippen LogP contribution in [0.25, 0.3) is 33.7 Å². The third-order valence-corrected chi connectivity index (χ3v) is 4.28. The van der Waals surface area contributed by atoms with Gasteiger partial charge in [-0.15, -0.1) is 5.10 Å². The van der Waals surface area contributed by atoms with E-state index in [4.69, 9.17) is 16.3 Å². The Labute approximate surface area is 147 Å². The van der Waals surface area contributed by atoms with Crippen molar-refractivity contribution in [2.75, 3.05) is 7.11 Å². The fourth-order valence-corrected chi connectivity index (χ4v) is 2.94. The number of aryl methyl sites for hydroxylation is 1. The molecule has 2 aromatic rings. The average molecular weight is 355 g/mol. The molecule has 0 saturated heterocycles. The Hall–Kier alpha value is -2.86. The molecule has 0 bridgehead atoms. The molecule has 0 N–H and O–H groups in total. The summed E-state index contributed by atoms with van der Waals surface area (Å²) in [5, 5.41) is 9.12. The normalized spacial score (nSPS) is 11.2. The van der Waals surface area contributed by atoms with Crippen molar-refractivity contribution in [3.63, 3.8) is 0 Å². The first kappa shape index (κ1) is 15.7. The van der Waals surface area contributed by atoms with Gasteiger partial charge in [0.05, 0.1) is 24.0 Å². The van der Waals surface area contributed by atoms with Gasteiger partial charge in [-0.2, -0.15) is 5.10 Å². The van der Waals surface area contributed by atoms with E-state index < -0.39 is 5.82 Å². The molecule has 0 radical (unpaired) electrons. The van der Waals surface area contributed by atoms with Gasteiger partial charge in [0.25, 0.3) is 0 Å². The first-order chi connectivity index (χ1) is 12.1. The summed E-state index contributed by atoms with van der Waals surface area (Å²) in [5.41, 5.74) is 2.88. The maximum absolute atomic E-state index is 14.4. The van der Waals surface area contributed by atoms with Crippen LogP contribution in [0.3, 0.4) is 0 Å². The molecule has 0 unspecified atom stereocenters. The fraction of sp³-hybridized carbons (Fsp3) is 0.111. The van der Waals surface area contributed by atoms with Crippen LogP contribution in [0.15, 0.2) is 36.4 Å². The molecule has 4 rings (SSSR count). The summed E-state index contributed by atoms with van der Waals surface area (Å²) in [4.78, 5) is 9.17. The lowest BCUT2D eigenvalue weighted by atomic mass is 10.1. The van der Waals surface area contributed by atoms with Crippen LogP contribution >= 0.6 is 11.6 Å². The third-order valence-electron chi connectivity index (χ3n) is 3.95. The lowest BCUT2D eigenvalue weighted by Crippen LogP contribution is -1.90. The Bertz CT molecular complexity index is 1090. The van der Waals surface area contributed by atoms with E-state index in [0.29, 0.717) is 44.4 Å². The van der Waals surface area contributed by atoms with E-state index in [1.165, 1.54) is 19.2 Å². The molecule has 0 saturated carbocycles. The lowest BCUT2D eigenvalue weighted by Gasteiger charge is -2.06. The van der Waals surface area contributed by atoms with Crippen molar-refractivity contribution >= 4 is 22.5 Å². The summed E-state index contributed by atoms with van der Waals surface area (Å²) in [6, 6.07) is 10.1. The number of aromatic nitrogens is 4. The van der Waals surface area contributed by atoms with E-state index in [0.717, 1.165) is 0 Å². The van der Waals surface area contributed by atoms with Gasteiger partial charge in [0.2, 0.25) is 5.82 Å². The minimum Gasteiger partial charge on any atom is -0.494 e. The van der Waals surface area contributed by atoms with E-state index >= 15 is 0 Å². The molecule has 0 amide bonds. The van der Waals surface area contributed by atoms with Crippen molar-refractivity contribution in [3.8, 4) is 28.5 Å². The van der Waals surface area contributed by atoms with Gasteiger partial charge >= 0.3 is 0 Å². The number of halogens is 2. The van der Waals surface area contributed by atoms with Gasteiger partial charge in [-0.3, -0.25) is 0 Å². The molecular weight excluding hydrogens is 343 g/mol. The van der Waals surface area contributed by atoms with Gasteiger partial charge in [-0.1, -0.05) is 29.8 Å². The van der Waals surface area contributed by atoms with Gasteiger partial charge < -0.3 is 4.74 Å². The van der Waals surface area contributed by atoms with Gasteiger partial charge in [-0.25, -0.2) is 14.4 Å². The van der Waals surface area contributed by atoms with Crippen molar-refractivity contribution in [2.45, 2.75) is 6.92 Å². The third kappa shape index (κ3) is 2.55. The molecule has 124 valence electrons. The molecule has 0 spiro atoms. The Morgan fingerprint density at radius 1 is 1.04 bits per heavy atom. The largest absolute Gasteiger partial charge is 0.494 e. The first-order valence-corrected chi connectivity index (χ1v) is 7.89. The molecule has 2 aliphatic heterocycles. The predicted molar refractivity (Wildman–Crippen MR) is 93.4 cm³/mol. The van der Waals surface area contributed by atoms with Gasteiger partial charge in [-0.05, 0) is 19.1 Å². The molecule has 25 heavy (non-hydrogen) atoms. The zero-order valence-electron chi connectivity index (χ0n) is 13.4. The molecule has 0 aromatic heterocycles. The van der Waals surface area contributed by atoms with Crippen LogP contribution in [-0.4, -0.2) is 27.3 Å². The molecular formula is C18H12ClFN4O. The Balaban J connectivity index is 2.19. The van der Waals surface area contributed by atoms with E-state index in [9.17, 15) is 4.39 Å². The average Bonchev–Trinajstić information content (AvgIpc) is 2.86. The van der Waals surface area contributed by atoms with Crippen LogP contribution in [0.1, 0.15) is 5.69 Å². The molecule has 2 aliphatic rings. The maximum Gasteiger partial charge on any atom is 0.202 e. The minimum atomic E-state index is -0.499. The zero-order valence-corrected chi connectivity index (χ0v) is 14.2. The van der Waals surface area contributed by atoms with Crippen LogP contribution in [0, 0.1) is 12.7 Å². The number of methoxy groups -OCH3 is 1. The van der Waals surface area contributed by atoms with Crippen molar-refractivity contribution in [1.82, 2.24) is 20.2 Å². The number of benzene rings is 2. The topological polar surface area (TPSA) is 60.8 Å². The Morgan fingerprint density at radius 3 is 2.60 bits per heavy atom. The van der Waals surface area contributed by atoms with E-state index in [-0.39, 0.29) is 5.75 Å². The SMILES string of the molecule is COc1cc2nc3nnc(C)c-3nc(-c3ccccc3Cl)c2cc1F. The minimum absolute atomic E-state index is 0.0979. The van der Waals surface area contributed by atoms with Crippen LogP contribution in [0.4, 0.5) is 4.39 Å². The van der Waals surface area contributed by atoms with Gasteiger partial charge in [0.15, 0.2) is 11.6 Å². The van der Waals surface area contributed by atoms with Gasteiger partial charge in [0, 0.05) is 22.0 Å². The summed E-state index contributed by atoms with van der Waals surface area (Å²) in [6.07, 6.45) is 0. The molecule has 7 heteroatoms. The summed E-state index contributed by atoms with van der Waals surface area (Å²) in [7, 11) is 1.41. The second kappa shape index (κ2) is 5.89. The second-order valence-electron chi connectivity index (χ2n) is 5.51. The number of hydrogen-bond donors (Lipinski definition) is 0. The first-order valence-electron chi connectivity index (χ1n) is 7.51. The highest BCUT2D eigenvalue weighted by molar-refractivity contribution is 6.33. The second-order valence-corrected chi connectivity index (χ2v) is 5.92. The smallest absolute Gasteiger partial charge is 0.202 e. The van der Waals surface area contributed by atoms with Crippen LogP contribution < -0.4 is 4.74 Å². The van der Waals surface area contributed by atoms with Crippen molar-refractivity contribution < 1.29 is 9.13 Å². The number of hydrogen-bond acceptors (Lipinski definition) is 5. The number of nitrogens with zero attached hydrogens (tertiary/aromatic N) is 4. The predicted octanol–water partition coefficient (Wildman–Crippen LogP) is 4.30. The highest BCUT2D eigenvalue weighted by Gasteiger charge is 2.19. The van der Waals surface area contributed by atoms with E-state index in [1.54, 1.807) is 13.0 Å². The van der Waals surface area contributed by atoms with Crippen molar-refractivity contribution in [2.24, 2.45) is 0 Å². The molecule has 5 nitrogen and oxygen atoms in total. The summed E-state index contributed by atoms with van der Waals surface area (Å²) in [5.74, 6) is -0.0178. The molecule has 2 heterocycles. The van der Waals surface area contributed by atoms with E-state index in [1.807, 2.05) is 18.2 Å². The molecule has 0 aliphatic carbocycles. The fourth-order valence-electron chi connectivity index (χ4n) is 2.71. The summed E-state index contributed by atoms with van der Waals surface area (Å²) >= 11 is 6.36. The number of ether oxygens (including phenoxy) is 1.